The van der Waals surface area contributed by atoms with Crippen molar-refractivity contribution in [2.24, 2.45) is 0 Å². The molecule has 1 saturated heterocycles. The average molecular weight is 426 g/mol. The Bertz CT molecular complexity index is 944. The Labute approximate surface area is 183 Å². The molecule has 3 heterocycles. The zero-order chi connectivity index (χ0) is 21.3. The van der Waals surface area contributed by atoms with E-state index in [9.17, 15) is 4.79 Å². The van der Waals surface area contributed by atoms with Crippen molar-refractivity contribution in [2.45, 2.75) is 57.8 Å². The molecule has 0 unspecified atom stereocenters. The topological polar surface area (TPSA) is 45.7 Å². The number of aromatic nitrogens is 1. The number of pyridine rings is 1. The van der Waals surface area contributed by atoms with Gasteiger partial charge in [0.05, 0.1) is 16.7 Å². The molecule has 6 heteroatoms. The Morgan fingerprint density at radius 3 is 2.83 bits per heavy atom. The number of benzene rings is 1. The van der Waals surface area contributed by atoms with E-state index in [0.29, 0.717) is 16.9 Å². The zero-order valence-electron chi connectivity index (χ0n) is 17.7. The number of nitrogens with zero attached hydrogens (tertiary/aromatic N) is 3. The second-order valence-electron chi connectivity index (χ2n) is 8.53. The number of amides is 1. The van der Waals surface area contributed by atoms with Gasteiger partial charge in [0.25, 0.3) is 5.91 Å². The van der Waals surface area contributed by atoms with E-state index in [1.165, 1.54) is 5.56 Å². The summed E-state index contributed by atoms with van der Waals surface area (Å²) in [6.07, 6.45) is 7.24. The Hall–Kier alpha value is -2.37. The highest BCUT2D eigenvalue weighted by molar-refractivity contribution is 6.30. The Balaban J connectivity index is 1.49. The van der Waals surface area contributed by atoms with Crippen molar-refractivity contribution in [1.29, 1.82) is 0 Å². The van der Waals surface area contributed by atoms with Crippen LogP contribution >= 0.6 is 11.6 Å². The van der Waals surface area contributed by atoms with Crippen molar-refractivity contribution in [3.8, 4) is 5.75 Å². The normalized spacial score (nSPS) is 24.2. The Morgan fingerprint density at radius 1 is 1.30 bits per heavy atom. The second kappa shape index (κ2) is 8.40. The smallest absolute Gasteiger partial charge is 0.252 e. The number of carbonyl (C=O) groups excluding carboxylic acids is 1. The molecule has 2 aromatic rings. The van der Waals surface area contributed by atoms with Crippen LogP contribution in [0.3, 0.4) is 0 Å². The number of hydrogen-bond donors (Lipinski definition) is 0. The number of anilines is 1. The van der Waals surface area contributed by atoms with Crippen LogP contribution in [0.1, 0.15) is 39.2 Å². The van der Waals surface area contributed by atoms with Crippen LogP contribution in [0.4, 0.5) is 5.82 Å². The van der Waals surface area contributed by atoms with Gasteiger partial charge in [0, 0.05) is 31.4 Å². The van der Waals surface area contributed by atoms with Crippen LogP contribution in [0.5, 0.6) is 5.75 Å². The summed E-state index contributed by atoms with van der Waals surface area (Å²) in [7, 11) is 0. The van der Waals surface area contributed by atoms with E-state index in [4.69, 9.17) is 16.3 Å². The van der Waals surface area contributed by atoms with E-state index in [-0.39, 0.29) is 17.6 Å². The lowest BCUT2D eigenvalue weighted by Crippen LogP contribution is -2.56. The van der Waals surface area contributed by atoms with Crippen molar-refractivity contribution in [1.82, 2.24) is 9.88 Å². The minimum atomic E-state index is -0.323. The molecule has 0 saturated carbocycles. The molecule has 5 nitrogen and oxygen atoms in total. The molecule has 158 valence electrons. The van der Waals surface area contributed by atoms with Gasteiger partial charge in [-0.2, -0.15) is 0 Å². The van der Waals surface area contributed by atoms with Crippen molar-refractivity contribution < 1.29 is 9.53 Å². The molecule has 4 rings (SSSR count). The molecule has 30 heavy (non-hydrogen) atoms. The van der Waals surface area contributed by atoms with Crippen LogP contribution in [-0.2, 0) is 11.3 Å². The second-order valence-corrected chi connectivity index (χ2v) is 8.97. The van der Waals surface area contributed by atoms with E-state index in [1.54, 1.807) is 18.3 Å². The fourth-order valence-corrected chi connectivity index (χ4v) is 4.66. The number of likely N-dealkylation sites (tertiary alicyclic amines) is 1. The van der Waals surface area contributed by atoms with E-state index in [2.05, 4.69) is 41.1 Å². The lowest BCUT2D eigenvalue weighted by atomic mass is 9.83. The molecular formula is C24H28ClN3O2. The molecule has 1 fully saturated rings. The monoisotopic (exact) mass is 425 g/mol. The van der Waals surface area contributed by atoms with Gasteiger partial charge in [-0.05, 0) is 63.4 Å². The predicted octanol–water partition coefficient (Wildman–Crippen LogP) is 4.85. The van der Waals surface area contributed by atoms with Crippen LogP contribution < -0.4 is 9.64 Å². The highest BCUT2D eigenvalue weighted by Gasteiger charge is 2.46. The Kier molecular flexibility index (Phi) is 5.85. The maximum absolute atomic E-state index is 12.7. The number of halogens is 1. The molecule has 0 radical (unpaired) electrons. The zero-order valence-corrected chi connectivity index (χ0v) is 18.5. The third kappa shape index (κ3) is 4.23. The molecule has 1 spiro atoms. The van der Waals surface area contributed by atoms with Crippen LogP contribution in [-0.4, -0.2) is 40.0 Å². The summed E-state index contributed by atoms with van der Waals surface area (Å²) in [5.41, 5.74) is 0.918. The standard InChI is InChI=1S/C24H28ClN3O2/c1-17(2)30-21-6-4-5-19(13-21)16-27-12-11-24(14-18(27)3)10-9-23(29)28(24)22-8-7-20(25)15-26-22/h4-10,13,15,17-18H,11-12,14,16H2,1-3H3/t18-,24+/m0/s1. The molecule has 0 N–H and O–H groups in total. The van der Waals surface area contributed by atoms with Gasteiger partial charge in [0.2, 0.25) is 0 Å². The van der Waals surface area contributed by atoms with Gasteiger partial charge in [-0.25, -0.2) is 4.98 Å². The summed E-state index contributed by atoms with van der Waals surface area (Å²) in [5.74, 6) is 1.56. The Morgan fingerprint density at radius 2 is 2.13 bits per heavy atom. The molecule has 2 aliphatic rings. The van der Waals surface area contributed by atoms with E-state index in [0.717, 1.165) is 31.7 Å². The molecule has 1 amide bonds. The number of rotatable bonds is 5. The van der Waals surface area contributed by atoms with Crippen LogP contribution in [0.2, 0.25) is 5.02 Å². The fourth-order valence-electron chi connectivity index (χ4n) is 4.55. The van der Waals surface area contributed by atoms with Gasteiger partial charge >= 0.3 is 0 Å². The quantitative estimate of drug-likeness (QED) is 0.687. The maximum atomic E-state index is 12.7. The van der Waals surface area contributed by atoms with Gasteiger partial charge in [0.1, 0.15) is 11.6 Å². The first-order chi connectivity index (χ1) is 14.4. The minimum Gasteiger partial charge on any atom is -0.491 e. The molecular weight excluding hydrogens is 398 g/mol. The summed E-state index contributed by atoms with van der Waals surface area (Å²) in [5, 5.41) is 0.569. The summed E-state index contributed by atoms with van der Waals surface area (Å²) < 4.78 is 5.84. The first-order valence-electron chi connectivity index (χ1n) is 10.5. The molecule has 2 aliphatic heterocycles. The number of carbonyl (C=O) groups is 1. The highest BCUT2D eigenvalue weighted by Crippen LogP contribution is 2.40. The SMILES string of the molecule is CC(C)Oc1cccc(CN2CC[C@]3(C=CC(=O)N3c3ccc(Cl)cn3)C[C@@H]2C)c1. The maximum Gasteiger partial charge on any atom is 0.252 e. The minimum absolute atomic E-state index is 0.0102. The highest BCUT2D eigenvalue weighted by atomic mass is 35.5. The van der Waals surface area contributed by atoms with Gasteiger partial charge in [-0.1, -0.05) is 29.8 Å². The number of hydrogen-bond acceptors (Lipinski definition) is 4. The van der Waals surface area contributed by atoms with Crippen LogP contribution in [0, 0.1) is 0 Å². The van der Waals surface area contributed by atoms with Crippen LogP contribution in [0.25, 0.3) is 0 Å². The largest absolute Gasteiger partial charge is 0.491 e. The summed E-state index contributed by atoms with van der Waals surface area (Å²) in [6, 6.07) is 12.3. The van der Waals surface area contributed by atoms with Crippen molar-refractivity contribution in [3.05, 3.63) is 65.3 Å². The van der Waals surface area contributed by atoms with E-state index < -0.39 is 0 Å². The fraction of sp³-hybridized carbons (Fsp3) is 0.417. The van der Waals surface area contributed by atoms with Crippen molar-refractivity contribution in [2.75, 3.05) is 11.4 Å². The van der Waals surface area contributed by atoms with Gasteiger partial charge < -0.3 is 4.74 Å². The third-order valence-electron chi connectivity index (χ3n) is 5.90. The predicted molar refractivity (Wildman–Crippen MR) is 120 cm³/mol. The van der Waals surface area contributed by atoms with Crippen molar-refractivity contribution >= 4 is 23.3 Å². The number of piperidine rings is 1. The average Bonchev–Trinajstić information content (AvgIpc) is 3.00. The van der Waals surface area contributed by atoms with Crippen molar-refractivity contribution in [3.63, 3.8) is 0 Å². The first-order valence-corrected chi connectivity index (χ1v) is 10.9. The van der Waals surface area contributed by atoms with Gasteiger partial charge in [0.15, 0.2) is 0 Å². The van der Waals surface area contributed by atoms with E-state index >= 15 is 0 Å². The molecule has 2 atom stereocenters. The van der Waals surface area contributed by atoms with Gasteiger partial charge in [-0.15, -0.1) is 0 Å². The summed E-state index contributed by atoms with van der Waals surface area (Å²) in [4.78, 5) is 21.4. The molecule has 0 aliphatic carbocycles. The lowest BCUT2D eigenvalue weighted by Gasteiger charge is -2.47. The third-order valence-corrected chi connectivity index (χ3v) is 6.13. The van der Waals surface area contributed by atoms with Crippen LogP contribution in [0.15, 0.2) is 54.7 Å². The number of ether oxygens (including phenoxy) is 1. The van der Waals surface area contributed by atoms with E-state index in [1.807, 2.05) is 30.9 Å². The molecule has 0 bridgehead atoms. The first kappa shape index (κ1) is 20.9. The summed E-state index contributed by atoms with van der Waals surface area (Å²) >= 11 is 5.99. The lowest BCUT2D eigenvalue weighted by molar-refractivity contribution is -0.114. The summed E-state index contributed by atoms with van der Waals surface area (Å²) in [6.45, 7) is 8.08. The molecule has 1 aromatic carbocycles. The van der Waals surface area contributed by atoms with Gasteiger partial charge in [-0.3, -0.25) is 14.6 Å². The molecule has 1 aromatic heterocycles.